The highest BCUT2D eigenvalue weighted by Crippen LogP contribution is 2.48. The van der Waals surface area contributed by atoms with E-state index in [4.69, 9.17) is 21.4 Å². The first-order valence-corrected chi connectivity index (χ1v) is 14.2. The van der Waals surface area contributed by atoms with Gasteiger partial charge in [0, 0.05) is 22.0 Å². The lowest BCUT2D eigenvalue weighted by Crippen LogP contribution is -2.44. The monoisotopic (exact) mass is 554 g/mol. The minimum atomic E-state index is -0.336. The molecule has 9 heteroatoms. The number of halogens is 1. The molecule has 3 aromatic rings. The summed E-state index contributed by atoms with van der Waals surface area (Å²) in [4.78, 5) is 28.4. The molecule has 0 aliphatic carbocycles. The second-order valence-corrected chi connectivity index (χ2v) is 12.1. The molecule has 2 amide bonds. The Morgan fingerprint density at radius 1 is 1.24 bits per heavy atom. The van der Waals surface area contributed by atoms with Crippen LogP contribution in [-0.2, 0) is 15.0 Å². The van der Waals surface area contributed by atoms with E-state index in [1.54, 1.807) is 16.7 Å². The Morgan fingerprint density at radius 2 is 1.95 bits per heavy atom. The fourth-order valence-corrected chi connectivity index (χ4v) is 5.86. The third-order valence-corrected chi connectivity index (χ3v) is 8.08. The van der Waals surface area contributed by atoms with Gasteiger partial charge in [-0.05, 0) is 55.3 Å². The summed E-state index contributed by atoms with van der Waals surface area (Å²) >= 11 is 7.94. The van der Waals surface area contributed by atoms with E-state index in [-0.39, 0.29) is 40.8 Å². The minimum absolute atomic E-state index is 0.00858. The molecule has 0 radical (unpaired) electrons. The van der Waals surface area contributed by atoms with Crippen molar-refractivity contribution in [3.8, 4) is 11.4 Å². The predicted molar refractivity (Wildman–Crippen MR) is 155 cm³/mol. The Labute approximate surface area is 233 Å². The van der Waals surface area contributed by atoms with Gasteiger partial charge in [0.2, 0.25) is 11.8 Å². The highest BCUT2D eigenvalue weighted by atomic mass is 35.5. The van der Waals surface area contributed by atoms with Gasteiger partial charge in [-0.15, -0.1) is 11.8 Å². The molecule has 0 saturated carbocycles. The van der Waals surface area contributed by atoms with Crippen molar-refractivity contribution in [2.75, 3.05) is 24.3 Å². The number of carbonyl (C=O) groups is 2. The average molecular weight is 555 g/mol. The van der Waals surface area contributed by atoms with Gasteiger partial charge >= 0.3 is 0 Å². The molecular weight excluding hydrogens is 520 g/mol. The third kappa shape index (κ3) is 5.86. The molecule has 2 aromatic carbocycles. The van der Waals surface area contributed by atoms with Crippen LogP contribution >= 0.6 is 23.4 Å². The topological polar surface area (TPSA) is 76.5 Å². The molecule has 2 atom stereocenters. The number of benzene rings is 2. The van der Waals surface area contributed by atoms with Crippen LogP contribution < -0.4 is 15.0 Å². The van der Waals surface area contributed by atoms with Crippen molar-refractivity contribution >= 4 is 41.0 Å². The Bertz CT molecular complexity index is 1320. The maximum atomic E-state index is 13.7. The van der Waals surface area contributed by atoms with E-state index in [1.165, 1.54) is 11.8 Å². The van der Waals surface area contributed by atoms with Crippen LogP contribution in [0.1, 0.15) is 63.1 Å². The Morgan fingerprint density at radius 3 is 2.55 bits per heavy atom. The van der Waals surface area contributed by atoms with Crippen LogP contribution in [0.3, 0.4) is 0 Å². The average Bonchev–Trinajstić information content (AvgIpc) is 3.22. The summed E-state index contributed by atoms with van der Waals surface area (Å²) in [6.45, 7) is 10.2. The van der Waals surface area contributed by atoms with E-state index in [0.29, 0.717) is 10.8 Å². The van der Waals surface area contributed by atoms with Crippen LogP contribution in [0.2, 0.25) is 5.02 Å². The normalized spacial score (nSPS) is 16.6. The number of hydrogen-bond acceptors (Lipinski definition) is 5. The lowest BCUT2D eigenvalue weighted by Gasteiger charge is -2.25. The molecule has 7 nitrogen and oxygen atoms in total. The number of carbonyl (C=O) groups excluding carboxylic acids is 2. The number of amides is 2. The van der Waals surface area contributed by atoms with Crippen LogP contribution in [0.4, 0.5) is 5.82 Å². The van der Waals surface area contributed by atoms with Crippen LogP contribution in [0.15, 0.2) is 48.5 Å². The number of thioether (sulfide) groups is 1. The first-order valence-electron chi connectivity index (χ1n) is 12.8. The molecule has 0 fully saturated rings. The molecular formula is C29H35ClN4O3S. The molecule has 0 saturated heterocycles. The number of rotatable bonds is 7. The van der Waals surface area contributed by atoms with Crippen LogP contribution in [-0.4, -0.2) is 47.0 Å². The van der Waals surface area contributed by atoms with E-state index < -0.39 is 0 Å². The number of hydrogen-bond donors (Lipinski definition) is 1. The fraction of sp³-hybridized carbons (Fsp3) is 0.414. The maximum Gasteiger partial charge on any atom is 0.240 e. The zero-order valence-corrected chi connectivity index (χ0v) is 24.3. The van der Waals surface area contributed by atoms with Crippen LogP contribution in [0.25, 0.3) is 5.69 Å². The van der Waals surface area contributed by atoms with Crippen molar-refractivity contribution < 1.29 is 14.3 Å². The van der Waals surface area contributed by atoms with Crippen molar-refractivity contribution in [3.63, 3.8) is 0 Å². The molecule has 4 rings (SSSR count). The first kappa shape index (κ1) is 28.0. The summed E-state index contributed by atoms with van der Waals surface area (Å²) in [5.74, 6) is 1.20. The van der Waals surface area contributed by atoms with E-state index in [2.05, 4.69) is 26.1 Å². The van der Waals surface area contributed by atoms with Gasteiger partial charge in [0.05, 0.1) is 29.5 Å². The highest BCUT2D eigenvalue weighted by Gasteiger charge is 2.40. The van der Waals surface area contributed by atoms with Gasteiger partial charge in [-0.25, -0.2) is 4.68 Å². The van der Waals surface area contributed by atoms with Gasteiger partial charge in [0.25, 0.3) is 0 Å². The van der Waals surface area contributed by atoms with Gasteiger partial charge in [-0.1, -0.05) is 51.4 Å². The minimum Gasteiger partial charge on any atom is -0.497 e. The standard InChI is InChI=1S/C29H35ClN4O3S/c1-7-18(2)31-23(35)16-33-24(36)17-38-26(19-9-8-10-20(30)15-19)25-27(29(3,4)5)32-34(28(25)33)21-11-13-22(37-6)14-12-21/h8-15,18,26H,7,16-17H2,1-6H3,(H,31,35)/t18-,26-/m0/s1. The molecule has 0 unspecified atom stereocenters. The molecule has 38 heavy (non-hydrogen) atoms. The van der Waals surface area contributed by atoms with E-state index in [0.717, 1.165) is 34.7 Å². The van der Waals surface area contributed by atoms with Crippen molar-refractivity contribution in [1.29, 1.82) is 0 Å². The van der Waals surface area contributed by atoms with Crippen molar-refractivity contribution in [2.24, 2.45) is 0 Å². The summed E-state index contributed by atoms with van der Waals surface area (Å²) in [5.41, 5.74) is 3.21. The summed E-state index contributed by atoms with van der Waals surface area (Å²) in [5, 5.41) is 8.54. The second kappa shape index (κ2) is 11.4. The number of anilines is 1. The molecule has 0 spiro atoms. The maximum absolute atomic E-state index is 13.7. The molecule has 1 aliphatic rings. The van der Waals surface area contributed by atoms with E-state index in [9.17, 15) is 9.59 Å². The first-order chi connectivity index (χ1) is 18.0. The summed E-state index contributed by atoms with van der Waals surface area (Å²) < 4.78 is 7.16. The Hall–Kier alpha value is -2.97. The van der Waals surface area contributed by atoms with Gasteiger partial charge in [0.15, 0.2) is 0 Å². The Balaban J connectivity index is 1.98. The van der Waals surface area contributed by atoms with Crippen LogP contribution in [0.5, 0.6) is 5.75 Å². The zero-order chi connectivity index (χ0) is 27.6. The predicted octanol–water partition coefficient (Wildman–Crippen LogP) is 5.92. The van der Waals surface area contributed by atoms with Gasteiger partial charge in [-0.3, -0.25) is 14.5 Å². The van der Waals surface area contributed by atoms with Crippen LogP contribution in [0, 0.1) is 0 Å². The van der Waals surface area contributed by atoms with Gasteiger partial charge in [-0.2, -0.15) is 5.10 Å². The molecule has 1 aromatic heterocycles. The lowest BCUT2D eigenvalue weighted by molar-refractivity contribution is -0.123. The number of fused-ring (bicyclic) bond motifs is 1. The van der Waals surface area contributed by atoms with Gasteiger partial charge < -0.3 is 10.1 Å². The van der Waals surface area contributed by atoms with E-state index >= 15 is 0 Å². The number of ether oxygens (including phenoxy) is 1. The lowest BCUT2D eigenvalue weighted by atomic mass is 9.87. The van der Waals surface area contributed by atoms with E-state index in [1.807, 2.05) is 62.4 Å². The Kier molecular flexibility index (Phi) is 8.43. The van der Waals surface area contributed by atoms with Crippen molar-refractivity contribution in [2.45, 2.75) is 57.7 Å². The van der Waals surface area contributed by atoms with Crippen molar-refractivity contribution in [1.82, 2.24) is 15.1 Å². The highest BCUT2D eigenvalue weighted by molar-refractivity contribution is 8.00. The number of methoxy groups -OCH3 is 1. The number of aromatic nitrogens is 2. The van der Waals surface area contributed by atoms with Gasteiger partial charge in [0.1, 0.15) is 18.1 Å². The quantitative estimate of drug-likeness (QED) is 0.392. The molecule has 0 bridgehead atoms. The molecule has 2 heterocycles. The summed E-state index contributed by atoms with van der Waals surface area (Å²) in [6.07, 6.45) is 0.801. The summed E-state index contributed by atoms with van der Waals surface area (Å²) in [7, 11) is 1.62. The molecule has 1 aliphatic heterocycles. The molecule has 202 valence electrons. The second-order valence-electron chi connectivity index (χ2n) is 10.5. The smallest absolute Gasteiger partial charge is 0.240 e. The number of nitrogens with zero attached hydrogens (tertiary/aromatic N) is 3. The zero-order valence-electron chi connectivity index (χ0n) is 22.7. The third-order valence-electron chi connectivity index (χ3n) is 6.59. The number of nitrogens with one attached hydrogen (secondary N) is 1. The van der Waals surface area contributed by atoms with Crippen molar-refractivity contribution in [3.05, 3.63) is 70.4 Å². The largest absolute Gasteiger partial charge is 0.497 e. The summed E-state index contributed by atoms with van der Waals surface area (Å²) in [6, 6.07) is 15.3. The SMILES string of the molecule is CC[C@H](C)NC(=O)CN1C(=O)CS[C@@H](c2cccc(Cl)c2)c2c(C(C)(C)C)nn(-c3ccc(OC)cc3)c21. The molecule has 1 N–H and O–H groups in total. The fourth-order valence-electron chi connectivity index (χ4n) is 4.48.